The van der Waals surface area contributed by atoms with E-state index in [1.54, 1.807) is 6.26 Å². The number of imidazole rings is 1. The molecule has 2 aliphatic heterocycles. The number of H-pyrrole nitrogens is 1. The van der Waals surface area contributed by atoms with E-state index in [1.807, 2.05) is 0 Å². The molecule has 0 aromatic carbocycles. The van der Waals surface area contributed by atoms with Crippen molar-refractivity contribution in [2.75, 3.05) is 24.3 Å². The number of nitrogens with two attached hydrogens (primary N) is 1. The predicted octanol–water partition coefficient (Wildman–Crippen LogP) is -9.87. The molecule has 8 N–H and O–H groups in total. The zero-order valence-electron chi connectivity index (χ0n) is 22.6. The first kappa shape index (κ1) is 40.0. The van der Waals surface area contributed by atoms with E-state index in [0.717, 1.165) is 10.9 Å². The van der Waals surface area contributed by atoms with Gasteiger partial charge in [-0.1, -0.05) is 21.6 Å². The number of aliphatic hydroxyl groups is 5. The van der Waals surface area contributed by atoms with Gasteiger partial charge >= 0.3 is 59.1 Å². The Bertz CT molecular complexity index is 1390. The summed E-state index contributed by atoms with van der Waals surface area (Å²) >= 11 is 0. The van der Waals surface area contributed by atoms with Gasteiger partial charge in [0.15, 0.2) is 23.7 Å². The Hall–Kier alpha value is 0.830. The van der Waals surface area contributed by atoms with Gasteiger partial charge in [0.05, 0.1) is 19.0 Å². The number of aromatic amines is 1. The number of anilines is 1. The predicted molar refractivity (Wildman–Crippen MR) is 134 cm³/mol. The molecule has 0 amide bonds. The first-order valence-corrected chi connectivity index (χ1v) is 17.0. The molecule has 232 valence electrons. The summed E-state index contributed by atoms with van der Waals surface area (Å²) in [5.41, 5.74) is 4.54. The first-order valence-electron chi connectivity index (χ1n) is 11.4. The van der Waals surface area contributed by atoms with Crippen molar-refractivity contribution >= 4 is 54.3 Å². The van der Waals surface area contributed by atoms with Crippen molar-refractivity contribution < 1.29 is 126 Å². The summed E-state index contributed by atoms with van der Waals surface area (Å²) in [6.45, 7) is -1.06. The molecule has 2 fully saturated rings. The second-order valence-electron chi connectivity index (χ2n) is 8.66. The van der Waals surface area contributed by atoms with Gasteiger partial charge in [0, 0.05) is 5.75 Å². The molecule has 2 aromatic heterocycles. The number of aromatic nitrogens is 4. The number of ether oxygens (including phenoxy) is 2. The molecule has 4 heterocycles. The summed E-state index contributed by atoms with van der Waals surface area (Å²) in [5.74, 6) is -0.234. The standard InChI is InChI=1S/C17H27N5O15P2S2.2Na/c1-40-41-3-6-9(24)10(25)12(27)16(35-6)36-39(31,32)37-38(29,30)33-2-5-8(23)11(26)15(34-5)22-4-19-7-13(22)20-17(18)21-14(7)28;;/h4-6,8-12,15-16,23-27H,2-3H2,1H3,(H,29,30)(H,31,32)(H3,18,20,21,28);;/q;2*+1/p-2. The van der Waals surface area contributed by atoms with E-state index >= 15 is 0 Å². The SMILES string of the molecule is CSSCC1OC(OP(=O)([O-])OP(=O)([O-])OCC2OC(n3cnc4c(=O)[nH]c(N)nc43)C(O)C2O)C(O)C(O)C1O.[Na+].[Na+]. The average molecular weight is 711 g/mol. The smallest absolute Gasteiger partial charge is 0.756 e. The van der Waals surface area contributed by atoms with E-state index in [2.05, 4.69) is 28.3 Å². The Morgan fingerprint density at radius 3 is 2.35 bits per heavy atom. The normalized spacial score (nSPS) is 33.7. The van der Waals surface area contributed by atoms with E-state index in [-0.39, 0.29) is 82.0 Å². The Balaban J connectivity index is 0.00000323. The quantitative estimate of drug-likeness (QED) is 0.0646. The number of fused-ring (bicyclic) bond motifs is 1. The molecule has 11 unspecified atom stereocenters. The summed E-state index contributed by atoms with van der Waals surface area (Å²) in [5, 5.41) is 50.9. The molecular weight excluding hydrogens is 686 g/mol. The van der Waals surface area contributed by atoms with E-state index in [1.165, 1.54) is 21.6 Å². The number of nitrogens with zero attached hydrogens (tertiary/aromatic N) is 3. The van der Waals surface area contributed by atoms with E-state index in [0.29, 0.717) is 0 Å². The molecule has 26 heteroatoms. The van der Waals surface area contributed by atoms with Crippen LogP contribution in [0.15, 0.2) is 11.1 Å². The summed E-state index contributed by atoms with van der Waals surface area (Å²) in [6, 6.07) is 0. The first-order chi connectivity index (χ1) is 19.1. The average Bonchev–Trinajstić information content (AvgIpc) is 3.42. The van der Waals surface area contributed by atoms with Crippen LogP contribution in [0, 0.1) is 0 Å². The number of aliphatic hydroxyl groups excluding tert-OH is 5. The third-order valence-electron chi connectivity index (χ3n) is 5.91. The molecule has 0 aliphatic carbocycles. The molecule has 0 radical (unpaired) electrons. The minimum Gasteiger partial charge on any atom is -0.756 e. The minimum atomic E-state index is -5.85. The van der Waals surface area contributed by atoms with Crippen molar-refractivity contribution in [1.82, 2.24) is 19.5 Å². The third-order valence-corrected chi connectivity index (χ3v) is 10.3. The molecule has 11 atom stereocenters. The van der Waals surface area contributed by atoms with Crippen LogP contribution in [-0.2, 0) is 32.0 Å². The fraction of sp³-hybridized carbons (Fsp3) is 0.706. The number of phosphoric ester groups is 2. The zero-order chi connectivity index (χ0) is 30.3. The van der Waals surface area contributed by atoms with Crippen LogP contribution in [0.25, 0.3) is 11.2 Å². The second kappa shape index (κ2) is 16.3. The van der Waals surface area contributed by atoms with Crippen LogP contribution in [0.2, 0.25) is 0 Å². The van der Waals surface area contributed by atoms with Gasteiger partial charge in [-0.25, -0.2) is 9.29 Å². The van der Waals surface area contributed by atoms with Gasteiger partial charge < -0.3 is 55.1 Å². The molecule has 0 bridgehead atoms. The zero-order valence-corrected chi connectivity index (χ0v) is 30.1. The maximum atomic E-state index is 12.3. The van der Waals surface area contributed by atoms with Crippen molar-refractivity contribution in [3.8, 4) is 0 Å². The van der Waals surface area contributed by atoms with Crippen LogP contribution >= 0.6 is 37.2 Å². The van der Waals surface area contributed by atoms with Crippen molar-refractivity contribution in [2.24, 2.45) is 0 Å². The Kier molecular flexibility index (Phi) is 15.2. The van der Waals surface area contributed by atoms with E-state index < -0.39 is 83.1 Å². The fourth-order valence-electron chi connectivity index (χ4n) is 3.96. The van der Waals surface area contributed by atoms with Crippen LogP contribution in [0.3, 0.4) is 0 Å². The molecular formula is C17H25N5Na2O15P2S2. The molecule has 0 spiro atoms. The Morgan fingerprint density at radius 1 is 1.05 bits per heavy atom. The van der Waals surface area contributed by atoms with Crippen LogP contribution in [0.1, 0.15) is 6.23 Å². The number of hydrogen-bond donors (Lipinski definition) is 7. The summed E-state index contributed by atoms with van der Waals surface area (Å²) in [7, 11) is -9.16. The summed E-state index contributed by atoms with van der Waals surface area (Å²) in [6.07, 6.45) is -12.7. The molecule has 20 nitrogen and oxygen atoms in total. The van der Waals surface area contributed by atoms with Gasteiger partial charge in [-0.3, -0.25) is 28.0 Å². The molecule has 4 rings (SSSR count). The largest absolute Gasteiger partial charge is 1.00 e. The molecule has 0 saturated carbocycles. The second-order valence-corrected chi connectivity index (χ2v) is 14.2. The van der Waals surface area contributed by atoms with Crippen molar-refractivity contribution in [3.05, 3.63) is 16.7 Å². The monoisotopic (exact) mass is 711 g/mol. The maximum absolute atomic E-state index is 12.3. The molecule has 2 saturated heterocycles. The van der Waals surface area contributed by atoms with Crippen LogP contribution in [-0.4, -0.2) is 113 Å². The number of rotatable bonds is 11. The summed E-state index contributed by atoms with van der Waals surface area (Å²) in [4.78, 5) is 46.5. The van der Waals surface area contributed by atoms with Gasteiger partial charge in [-0.05, 0) is 6.26 Å². The fourth-order valence-corrected chi connectivity index (χ4v) is 7.40. The maximum Gasteiger partial charge on any atom is 1.00 e. The van der Waals surface area contributed by atoms with Crippen LogP contribution < -0.4 is 80.2 Å². The van der Waals surface area contributed by atoms with Crippen molar-refractivity contribution in [1.29, 1.82) is 0 Å². The number of phosphoric acid groups is 2. The van der Waals surface area contributed by atoms with Crippen molar-refractivity contribution in [3.63, 3.8) is 0 Å². The third kappa shape index (κ3) is 9.47. The van der Waals surface area contributed by atoms with Crippen LogP contribution in [0.4, 0.5) is 5.95 Å². The minimum absolute atomic E-state index is 0. The number of nitrogens with one attached hydrogen (secondary N) is 1. The summed E-state index contributed by atoms with van der Waals surface area (Å²) < 4.78 is 49.2. The van der Waals surface area contributed by atoms with Crippen molar-refractivity contribution in [2.45, 2.75) is 55.2 Å². The van der Waals surface area contributed by atoms with Crippen LogP contribution in [0.5, 0.6) is 0 Å². The van der Waals surface area contributed by atoms with E-state index in [4.69, 9.17) is 15.2 Å². The van der Waals surface area contributed by atoms with Gasteiger partial charge in [0.2, 0.25) is 5.95 Å². The van der Waals surface area contributed by atoms with E-state index in [9.17, 15) is 49.2 Å². The number of hydrogen-bond acceptors (Lipinski definition) is 20. The molecule has 2 aliphatic rings. The Morgan fingerprint density at radius 2 is 1.70 bits per heavy atom. The number of nitrogen functional groups attached to an aromatic ring is 1. The van der Waals surface area contributed by atoms with Gasteiger partial charge in [-0.2, -0.15) is 4.98 Å². The van der Waals surface area contributed by atoms with Gasteiger partial charge in [0.1, 0.15) is 36.6 Å². The van der Waals surface area contributed by atoms with Gasteiger partial charge in [0.25, 0.3) is 21.2 Å². The van der Waals surface area contributed by atoms with Gasteiger partial charge in [-0.15, -0.1) is 0 Å². The molecule has 2 aromatic rings. The Labute approximate surface area is 294 Å². The molecule has 43 heavy (non-hydrogen) atoms. The topological polar surface area (TPSA) is 317 Å².